The Morgan fingerprint density at radius 1 is 1.07 bits per heavy atom. The van der Waals surface area contributed by atoms with E-state index in [1.54, 1.807) is 0 Å². The van der Waals surface area contributed by atoms with E-state index in [9.17, 15) is 8.42 Å². The van der Waals surface area contributed by atoms with Gasteiger partial charge in [-0.2, -0.15) is 0 Å². The normalized spacial score (nSPS) is 41.9. The number of hydrogen-bond donors (Lipinski definition) is 0. The first kappa shape index (κ1) is 10.1. The maximum absolute atomic E-state index is 11.4. The molecule has 2 atom stereocenters. The Hall–Kier alpha value is -0.0900. The zero-order chi connectivity index (χ0) is 10.5. The van der Waals surface area contributed by atoms with Gasteiger partial charge in [-0.15, -0.1) is 0 Å². The molecule has 3 rings (SSSR count). The quantitative estimate of drug-likeness (QED) is 0.631. The topological polar surface area (TPSA) is 43.4 Å². The van der Waals surface area contributed by atoms with Gasteiger partial charge in [0.15, 0.2) is 9.84 Å². The average Bonchev–Trinajstić information content (AvgIpc) is 2.93. The molecule has 3 aliphatic rings. The van der Waals surface area contributed by atoms with Gasteiger partial charge in [-0.1, -0.05) is 0 Å². The van der Waals surface area contributed by atoms with E-state index in [4.69, 9.17) is 4.74 Å². The lowest BCUT2D eigenvalue weighted by atomic mass is 9.90. The molecule has 86 valence electrons. The third kappa shape index (κ3) is 1.94. The van der Waals surface area contributed by atoms with Crippen LogP contribution >= 0.6 is 0 Å². The lowest BCUT2D eigenvalue weighted by Gasteiger charge is -2.36. The van der Waals surface area contributed by atoms with E-state index >= 15 is 0 Å². The third-order valence-corrected chi connectivity index (χ3v) is 6.03. The van der Waals surface area contributed by atoms with Crippen LogP contribution in [0, 0.1) is 11.8 Å². The van der Waals surface area contributed by atoms with Crippen molar-refractivity contribution in [2.75, 3.05) is 18.1 Å². The number of rotatable bonds is 0. The maximum atomic E-state index is 11.4. The fraction of sp³-hybridized carbons (Fsp3) is 1.00. The minimum absolute atomic E-state index is 0.0707. The molecule has 0 unspecified atom stereocenters. The van der Waals surface area contributed by atoms with E-state index < -0.39 is 9.84 Å². The van der Waals surface area contributed by atoms with Gasteiger partial charge in [-0.3, -0.25) is 0 Å². The van der Waals surface area contributed by atoms with E-state index in [1.165, 1.54) is 12.8 Å². The van der Waals surface area contributed by atoms with Gasteiger partial charge in [0.2, 0.25) is 0 Å². The number of fused-ring (bicyclic) bond motifs is 1. The fourth-order valence-electron chi connectivity index (χ4n) is 2.98. The van der Waals surface area contributed by atoms with Crippen LogP contribution in [-0.4, -0.2) is 32.1 Å². The molecule has 1 aliphatic carbocycles. The molecule has 15 heavy (non-hydrogen) atoms. The summed E-state index contributed by atoms with van der Waals surface area (Å²) in [7, 11) is -2.75. The van der Waals surface area contributed by atoms with Crippen LogP contribution in [0.1, 0.15) is 32.1 Å². The van der Waals surface area contributed by atoms with Crippen molar-refractivity contribution in [2.24, 2.45) is 11.8 Å². The van der Waals surface area contributed by atoms with Crippen LogP contribution < -0.4 is 0 Å². The molecule has 0 amide bonds. The second-order valence-electron chi connectivity index (χ2n) is 5.44. The lowest BCUT2D eigenvalue weighted by molar-refractivity contribution is -0.0562. The molecule has 2 saturated heterocycles. The maximum Gasteiger partial charge on any atom is 0.150 e. The number of ether oxygens (including phenoxy) is 1. The number of sulfone groups is 1. The molecule has 1 saturated carbocycles. The monoisotopic (exact) mass is 230 g/mol. The minimum atomic E-state index is -2.75. The average molecular weight is 230 g/mol. The van der Waals surface area contributed by atoms with Gasteiger partial charge in [0.25, 0.3) is 0 Å². The van der Waals surface area contributed by atoms with E-state index in [0.717, 1.165) is 37.7 Å². The third-order valence-electron chi connectivity index (χ3n) is 4.38. The first-order valence-electron chi connectivity index (χ1n) is 5.93. The van der Waals surface area contributed by atoms with Crippen molar-refractivity contribution in [3.05, 3.63) is 0 Å². The summed E-state index contributed by atoms with van der Waals surface area (Å²) in [5.74, 6) is 2.36. The second-order valence-corrected chi connectivity index (χ2v) is 7.74. The molecule has 0 bridgehead atoms. The van der Waals surface area contributed by atoms with Crippen LogP contribution in [0.4, 0.5) is 0 Å². The predicted molar refractivity (Wildman–Crippen MR) is 57.4 cm³/mol. The van der Waals surface area contributed by atoms with Crippen molar-refractivity contribution < 1.29 is 13.2 Å². The molecule has 0 aromatic rings. The summed E-state index contributed by atoms with van der Waals surface area (Å²) in [4.78, 5) is 0. The van der Waals surface area contributed by atoms with Crippen LogP contribution in [0.5, 0.6) is 0 Å². The molecule has 3 fully saturated rings. The molecule has 2 aliphatic heterocycles. The Bertz CT molecular complexity index is 332. The summed E-state index contributed by atoms with van der Waals surface area (Å²) in [5, 5.41) is 0. The molecule has 0 radical (unpaired) electrons. The predicted octanol–water partition coefficient (Wildman–Crippen LogP) is 1.38. The minimum Gasteiger partial charge on any atom is -0.375 e. The van der Waals surface area contributed by atoms with Crippen molar-refractivity contribution in [2.45, 2.75) is 37.7 Å². The molecule has 0 aromatic heterocycles. The van der Waals surface area contributed by atoms with Crippen LogP contribution in [0.25, 0.3) is 0 Å². The van der Waals surface area contributed by atoms with Gasteiger partial charge in [-0.25, -0.2) is 8.42 Å². The Kier molecular flexibility index (Phi) is 2.15. The Labute approximate surface area is 91.1 Å². The molecular weight excluding hydrogens is 212 g/mol. The zero-order valence-electron chi connectivity index (χ0n) is 8.94. The highest BCUT2D eigenvalue weighted by Crippen LogP contribution is 2.49. The summed E-state index contributed by atoms with van der Waals surface area (Å²) >= 11 is 0. The molecule has 1 spiro atoms. The van der Waals surface area contributed by atoms with Gasteiger partial charge in [0, 0.05) is 0 Å². The Morgan fingerprint density at radius 3 is 2.53 bits per heavy atom. The van der Waals surface area contributed by atoms with Crippen molar-refractivity contribution in [3.63, 3.8) is 0 Å². The van der Waals surface area contributed by atoms with Crippen LogP contribution in [0.15, 0.2) is 0 Å². The first-order valence-corrected chi connectivity index (χ1v) is 7.75. The molecular formula is C11H18O3S. The van der Waals surface area contributed by atoms with Crippen molar-refractivity contribution in [1.82, 2.24) is 0 Å². The standard InChI is InChI=1S/C11H18O3S/c12-15(13)5-3-11(4-6-15)2-1-9-7-10(9)8-14-11/h9-10H,1-8H2/t9-,10-/m0/s1. The molecule has 0 aromatic carbocycles. The largest absolute Gasteiger partial charge is 0.375 e. The molecule has 2 heterocycles. The Morgan fingerprint density at radius 2 is 1.80 bits per heavy atom. The molecule has 3 nitrogen and oxygen atoms in total. The summed E-state index contributed by atoms with van der Waals surface area (Å²) in [6, 6.07) is 0. The lowest BCUT2D eigenvalue weighted by Crippen LogP contribution is -2.41. The second kappa shape index (κ2) is 3.20. The van der Waals surface area contributed by atoms with Crippen molar-refractivity contribution >= 4 is 9.84 Å². The fourth-order valence-corrected chi connectivity index (χ4v) is 4.55. The van der Waals surface area contributed by atoms with Crippen LogP contribution in [0.2, 0.25) is 0 Å². The molecule has 4 heteroatoms. The highest BCUT2D eigenvalue weighted by Gasteiger charge is 2.46. The van der Waals surface area contributed by atoms with Crippen molar-refractivity contribution in [1.29, 1.82) is 0 Å². The summed E-state index contributed by atoms with van der Waals surface area (Å²) in [6.45, 7) is 0.880. The highest BCUT2D eigenvalue weighted by atomic mass is 32.2. The summed E-state index contributed by atoms with van der Waals surface area (Å²) < 4.78 is 28.8. The first-order chi connectivity index (χ1) is 7.09. The van der Waals surface area contributed by atoms with Gasteiger partial charge >= 0.3 is 0 Å². The van der Waals surface area contributed by atoms with Crippen molar-refractivity contribution in [3.8, 4) is 0 Å². The highest BCUT2D eigenvalue weighted by molar-refractivity contribution is 7.91. The zero-order valence-corrected chi connectivity index (χ0v) is 9.76. The summed E-state index contributed by atoms with van der Waals surface area (Å²) in [5.41, 5.74) is -0.0707. The molecule has 0 N–H and O–H groups in total. The van der Waals surface area contributed by atoms with Gasteiger partial charge < -0.3 is 4.74 Å². The van der Waals surface area contributed by atoms with Crippen LogP contribution in [0.3, 0.4) is 0 Å². The SMILES string of the molecule is O=S1(=O)CCC2(CC[C@H]3C[C@H]3CO2)CC1. The van der Waals surface area contributed by atoms with E-state index in [-0.39, 0.29) is 5.60 Å². The smallest absolute Gasteiger partial charge is 0.150 e. The summed E-state index contributed by atoms with van der Waals surface area (Å²) in [6.07, 6.45) is 5.15. The van der Waals surface area contributed by atoms with E-state index in [1.807, 2.05) is 0 Å². The van der Waals surface area contributed by atoms with Crippen LogP contribution in [-0.2, 0) is 14.6 Å². The van der Waals surface area contributed by atoms with Gasteiger partial charge in [-0.05, 0) is 43.9 Å². The number of hydrogen-bond acceptors (Lipinski definition) is 3. The Balaban J connectivity index is 1.70. The van der Waals surface area contributed by atoms with Gasteiger partial charge in [0.1, 0.15) is 0 Å². The van der Waals surface area contributed by atoms with Gasteiger partial charge in [0.05, 0.1) is 23.7 Å². The van der Waals surface area contributed by atoms with E-state index in [0.29, 0.717) is 11.5 Å². The van der Waals surface area contributed by atoms with E-state index in [2.05, 4.69) is 0 Å².